The zero-order valence-electron chi connectivity index (χ0n) is 8.96. The summed E-state index contributed by atoms with van der Waals surface area (Å²) < 4.78 is 25.7. The maximum atomic E-state index is 13.0. The molecule has 1 aromatic carbocycles. The summed E-state index contributed by atoms with van der Waals surface area (Å²) in [6.45, 7) is 1.65. The van der Waals surface area contributed by atoms with Crippen molar-refractivity contribution in [2.24, 2.45) is 0 Å². The van der Waals surface area contributed by atoms with E-state index in [0.717, 1.165) is 12.1 Å². The van der Waals surface area contributed by atoms with Crippen LogP contribution in [0.4, 0.5) is 8.78 Å². The molecule has 0 aliphatic carbocycles. The van der Waals surface area contributed by atoms with Crippen LogP contribution in [0.25, 0.3) is 0 Å². The van der Waals surface area contributed by atoms with Crippen molar-refractivity contribution in [1.82, 2.24) is 20.2 Å². The predicted octanol–water partition coefficient (Wildman–Crippen LogP) is 1.25. The highest BCUT2D eigenvalue weighted by Crippen LogP contribution is 2.25. The van der Waals surface area contributed by atoms with E-state index in [1.165, 1.54) is 17.2 Å². The fraction of sp³-hybridized carbons (Fsp3) is 0.300. The first-order chi connectivity index (χ1) is 8.09. The fourth-order valence-corrected chi connectivity index (χ4v) is 1.46. The first kappa shape index (κ1) is 11.6. The van der Waals surface area contributed by atoms with Gasteiger partial charge in [0.25, 0.3) is 0 Å². The summed E-state index contributed by atoms with van der Waals surface area (Å²) in [5, 5.41) is 20.9. The van der Waals surface area contributed by atoms with Crippen molar-refractivity contribution in [3.8, 4) is 0 Å². The number of hydrogen-bond donors (Lipinski definition) is 1. The van der Waals surface area contributed by atoms with Crippen molar-refractivity contribution in [2.45, 2.75) is 19.1 Å². The van der Waals surface area contributed by atoms with E-state index >= 15 is 0 Å². The van der Waals surface area contributed by atoms with Gasteiger partial charge in [-0.3, -0.25) is 0 Å². The molecule has 1 N–H and O–H groups in total. The topological polar surface area (TPSA) is 63.8 Å². The fourth-order valence-electron chi connectivity index (χ4n) is 1.46. The van der Waals surface area contributed by atoms with E-state index in [1.807, 2.05) is 0 Å². The molecule has 0 saturated heterocycles. The second-order valence-corrected chi connectivity index (χ2v) is 3.62. The molecular formula is C10H10F2N4O. The van der Waals surface area contributed by atoms with Crippen LogP contribution in [-0.2, 0) is 0 Å². The van der Waals surface area contributed by atoms with E-state index in [2.05, 4.69) is 15.4 Å². The zero-order chi connectivity index (χ0) is 12.4. The van der Waals surface area contributed by atoms with Gasteiger partial charge in [-0.25, -0.2) is 8.78 Å². The number of halogens is 2. The Morgan fingerprint density at radius 2 is 2.06 bits per heavy atom. The molecule has 0 bridgehead atoms. The lowest BCUT2D eigenvalue weighted by atomic mass is 10.0. The second kappa shape index (κ2) is 4.54. The monoisotopic (exact) mass is 240 g/mol. The quantitative estimate of drug-likeness (QED) is 0.876. The molecule has 0 radical (unpaired) electrons. The van der Waals surface area contributed by atoms with E-state index in [9.17, 15) is 13.9 Å². The molecular weight excluding hydrogens is 230 g/mol. The zero-order valence-corrected chi connectivity index (χ0v) is 8.96. The summed E-state index contributed by atoms with van der Waals surface area (Å²) >= 11 is 0. The minimum absolute atomic E-state index is 0.258. The van der Waals surface area contributed by atoms with Crippen molar-refractivity contribution in [3.63, 3.8) is 0 Å². The molecule has 0 spiro atoms. The van der Waals surface area contributed by atoms with Crippen molar-refractivity contribution in [3.05, 3.63) is 41.7 Å². The second-order valence-electron chi connectivity index (χ2n) is 3.62. The van der Waals surface area contributed by atoms with Gasteiger partial charge in [-0.15, -0.1) is 10.2 Å². The molecule has 90 valence electrons. The summed E-state index contributed by atoms with van der Waals surface area (Å²) in [6.07, 6.45) is 0.188. The highest BCUT2D eigenvalue weighted by Gasteiger charge is 2.20. The number of aliphatic hydroxyl groups excluding tert-OH is 1. The van der Waals surface area contributed by atoms with Crippen LogP contribution in [0.3, 0.4) is 0 Å². The van der Waals surface area contributed by atoms with Crippen LogP contribution in [0.2, 0.25) is 0 Å². The van der Waals surface area contributed by atoms with Crippen molar-refractivity contribution in [1.29, 1.82) is 0 Å². The van der Waals surface area contributed by atoms with Crippen molar-refractivity contribution >= 4 is 0 Å². The van der Waals surface area contributed by atoms with Crippen LogP contribution in [0.1, 0.15) is 24.6 Å². The molecule has 17 heavy (non-hydrogen) atoms. The highest BCUT2D eigenvalue weighted by atomic mass is 19.2. The number of hydrogen-bond acceptors (Lipinski definition) is 4. The molecule has 1 heterocycles. The lowest BCUT2D eigenvalue weighted by Crippen LogP contribution is -2.17. The van der Waals surface area contributed by atoms with E-state index in [-0.39, 0.29) is 5.56 Å². The maximum absolute atomic E-state index is 13.0. The normalized spacial score (nSPS) is 14.6. The van der Waals surface area contributed by atoms with Gasteiger partial charge < -0.3 is 5.11 Å². The van der Waals surface area contributed by atoms with Gasteiger partial charge in [-0.1, -0.05) is 6.07 Å². The lowest BCUT2D eigenvalue weighted by molar-refractivity contribution is 0.106. The van der Waals surface area contributed by atoms with E-state index in [4.69, 9.17) is 0 Å². The van der Waals surface area contributed by atoms with Gasteiger partial charge in [-0.05, 0) is 29.8 Å². The molecule has 0 aliphatic rings. The molecule has 1 aromatic heterocycles. The number of tetrazole rings is 1. The number of rotatable bonds is 3. The Kier molecular flexibility index (Phi) is 3.10. The third kappa shape index (κ3) is 2.28. The van der Waals surface area contributed by atoms with Crippen LogP contribution in [0, 0.1) is 11.6 Å². The SMILES string of the molecule is CC(C(O)c1ccc(F)c(F)c1)n1ncnn1. The summed E-state index contributed by atoms with van der Waals surface area (Å²) in [5.41, 5.74) is 0.258. The Labute approximate surface area is 95.7 Å². The Hall–Kier alpha value is -1.89. The van der Waals surface area contributed by atoms with Gasteiger partial charge in [0.1, 0.15) is 12.1 Å². The first-order valence-corrected chi connectivity index (χ1v) is 4.95. The van der Waals surface area contributed by atoms with Crippen molar-refractivity contribution in [2.75, 3.05) is 0 Å². The Balaban J connectivity index is 2.24. The van der Waals surface area contributed by atoms with Crippen LogP contribution < -0.4 is 0 Å². The van der Waals surface area contributed by atoms with Crippen LogP contribution in [0.5, 0.6) is 0 Å². The first-order valence-electron chi connectivity index (χ1n) is 4.95. The maximum Gasteiger partial charge on any atom is 0.162 e. The Morgan fingerprint density at radius 3 is 2.65 bits per heavy atom. The lowest BCUT2D eigenvalue weighted by Gasteiger charge is -2.17. The summed E-state index contributed by atoms with van der Waals surface area (Å²) in [7, 11) is 0. The molecule has 0 amide bonds. The van der Waals surface area contributed by atoms with E-state index in [0.29, 0.717) is 0 Å². The average Bonchev–Trinajstić information content (AvgIpc) is 2.84. The van der Waals surface area contributed by atoms with Crippen LogP contribution in [0.15, 0.2) is 24.5 Å². The largest absolute Gasteiger partial charge is 0.386 e. The van der Waals surface area contributed by atoms with Gasteiger partial charge in [0, 0.05) is 0 Å². The average molecular weight is 240 g/mol. The summed E-state index contributed by atoms with van der Waals surface area (Å²) in [5.74, 6) is -1.95. The van der Waals surface area contributed by atoms with E-state index in [1.54, 1.807) is 6.92 Å². The van der Waals surface area contributed by atoms with Gasteiger partial charge in [-0.2, -0.15) is 4.80 Å². The van der Waals surface area contributed by atoms with Gasteiger partial charge in [0.2, 0.25) is 0 Å². The Bertz CT molecular complexity index is 503. The third-order valence-corrected chi connectivity index (χ3v) is 2.47. The molecule has 2 unspecified atom stereocenters. The number of aliphatic hydroxyl groups is 1. The highest BCUT2D eigenvalue weighted by molar-refractivity contribution is 5.20. The number of aromatic nitrogens is 4. The molecule has 5 nitrogen and oxygen atoms in total. The number of nitrogens with zero attached hydrogens (tertiary/aromatic N) is 4. The Morgan fingerprint density at radius 1 is 1.29 bits per heavy atom. The smallest absolute Gasteiger partial charge is 0.162 e. The van der Waals surface area contributed by atoms with Crippen LogP contribution in [-0.4, -0.2) is 25.3 Å². The molecule has 2 rings (SSSR count). The minimum Gasteiger partial charge on any atom is -0.386 e. The summed E-state index contributed by atoms with van der Waals surface area (Å²) in [4.78, 5) is 1.20. The molecule has 2 aromatic rings. The van der Waals surface area contributed by atoms with E-state index < -0.39 is 23.8 Å². The minimum atomic E-state index is -1.04. The molecule has 0 aliphatic heterocycles. The van der Waals surface area contributed by atoms with Gasteiger partial charge in [0.05, 0.1) is 0 Å². The standard InChI is InChI=1S/C10H10F2N4O/c1-6(16-14-5-13-15-16)10(17)7-2-3-8(11)9(12)4-7/h2-6,10,17H,1H3. The molecule has 7 heteroatoms. The number of benzene rings is 1. The van der Waals surface area contributed by atoms with Gasteiger partial charge in [0.15, 0.2) is 18.0 Å². The van der Waals surface area contributed by atoms with Crippen molar-refractivity contribution < 1.29 is 13.9 Å². The molecule has 0 fully saturated rings. The third-order valence-electron chi connectivity index (χ3n) is 2.47. The molecule has 0 saturated carbocycles. The van der Waals surface area contributed by atoms with Gasteiger partial charge >= 0.3 is 0 Å². The molecule has 2 atom stereocenters. The predicted molar refractivity (Wildman–Crippen MR) is 53.8 cm³/mol. The summed E-state index contributed by atoms with van der Waals surface area (Å²) in [6, 6.07) is 2.71. The van der Waals surface area contributed by atoms with Crippen LogP contribution >= 0.6 is 0 Å².